The first-order valence-electron chi connectivity index (χ1n) is 3.86. The van der Waals surface area contributed by atoms with Crippen molar-refractivity contribution in [3.8, 4) is 0 Å². The molecule has 2 aromatic rings. The fraction of sp³-hybridized carbons (Fsp3) is 0.111. The minimum atomic E-state index is -0.586. The fourth-order valence-electron chi connectivity index (χ4n) is 1.30. The van der Waals surface area contributed by atoms with Gasteiger partial charge in [-0.2, -0.15) is 9.78 Å². The molecular weight excluding hydrogens is 166 g/mol. The number of aromatic nitrogens is 2. The number of nitrogens with zero attached hydrogens (tertiary/aromatic N) is 2. The SMILES string of the molecule is Cc1cccc2c1[c]nn2C(N)=O. The minimum Gasteiger partial charge on any atom is -0.350 e. The smallest absolute Gasteiger partial charge is 0.340 e. The molecule has 0 aliphatic heterocycles. The Morgan fingerprint density at radius 2 is 2.38 bits per heavy atom. The molecule has 1 aromatic heterocycles. The van der Waals surface area contributed by atoms with Crippen molar-refractivity contribution >= 4 is 16.9 Å². The van der Waals surface area contributed by atoms with Gasteiger partial charge in [0.1, 0.15) is 6.20 Å². The van der Waals surface area contributed by atoms with Gasteiger partial charge in [0, 0.05) is 5.39 Å². The Morgan fingerprint density at radius 3 is 3.08 bits per heavy atom. The number of benzene rings is 1. The summed E-state index contributed by atoms with van der Waals surface area (Å²) < 4.78 is 1.14. The van der Waals surface area contributed by atoms with Gasteiger partial charge >= 0.3 is 6.03 Å². The van der Waals surface area contributed by atoms with Crippen LogP contribution in [0.25, 0.3) is 10.9 Å². The minimum absolute atomic E-state index is 0.586. The number of primary amides is 1. The lowest BCUT2D eigenvalue weighted by atomic mass is 10.1. The Morgan fingerprint density at radius 1 is 1.62 bits per heavy atom. The van der Waals surface area contributed by atoms with Crippen molar-refractivity contribution in [3.63, 3.8) is 0 Å². The van der Waals surface area contributed by atoms with Crippen molar-refractivity contribution in [2.24, 2.45) is 5.73 Å². The van der Waals surface area contributed by atoms with E-state index in [1.54, 1.807) is 6.07 Å². The molecule has 0 aliphatic rings. The Hall–Kier alpha value is -1.84. The highest BCUT2D eigenvalue weighted by molar-refractivity contribution is 5.90. The number of amides is 1. The third kappa shape index (κ3) is 1.07. The monoisotopic (exact) mass is 174 g/mol. The molecule has 0 unspecified atom stereocenters. The normalized spacial score (nSPS) is 10.5. The van der Waals surface area contributed by atoms with Crippen LogP contribution in [-0.2, 0) is 0 Å². The number of carbonyl (C=O) groups excluding carboxylic acids is 1. The molecule has 0 fully saturated rings. The predicted octanol–water partition coefficient (Wildman–Crippen LogP) is 1.07. The van der Waals surface area contributed by atoms with Crippen molar-refractivity contribution in [1.29, 1.82) is 0 Å². The van der Waals surface area contributed by atoms with Crippen LogP contribution in [0.2, 0.25) is 0 Å². The fourth-order valence-corrected chi connectivity index (χ4v) is 1.30. The van der Waals surface area contributed by atoms with Gasteiger partial charge in [-0.15, -0.1) is 0 Å². The van der Waals surface area contributed by atoms with Crippen molar-refractivity contribution in [1.82, 2.24) is 9.78 Å². The van der Waals surface area contributed by atoms with Crippen LogP contribution in [0, 0.1) is 13.1 Å². The molecule has 13 heavy (non-hydrogen) atoms. The van der Waals surface area contributed by atoms with Gasteiger partial charge in [-0.25, -0.2) is 4.79 Å². The second kappa shape index (κ2) is 2.58. The van der Waals surface area contributed by atoms with E-state index in [2.05, 4.69) is 11.3 Å². The second-order valence-corrected chi connectivity index (χ2v) is 2.83. The van der Waals surface area contributed by atoms with Crippen molar-refractivity contribution in [2.75, 3.05) is 0 Å². The quantitative estimate of drug-likeness (QED) is 0.649. The standard InChI is InChI=1S/C9H8N3O/c1-6-3-2-4-8-7(6)5-11-12(8)9(10)13/h2-4H,1H3,(H2,10,13). The summed E-state index contributed by atoms with van der Waals surface area (Å²) in [6, 6.07) is 4.99. The summed E-state index contributed by atoms with van der Waals surface area (Å²) in [4.78, 5) is 10.9. The molecule has 1 amide bonds. The third-order valence-electron chi connectivity index (χ3n) is 1.95. The highest BCUT2D eigenvalue weighted by Gasteiger charge is 2.07. The third-order valence-corrected chi connectivity index (χ3v) is 1.95. The zero-order valence-corrected chi connectivity index (χ0v) is 7.11. The highest BCUT2D eigenvalue weighted by Crippen LogP contribution is 2.16. The first-order valence-corrected chi connectivity index (χ1v) is 3.86. The largest absolute Gasteiger partial charge is 0.350 e. The lowest BCUT2D eigenvalue weighted by Gasteiger charge is -1.97. The van der Waals surface area contributed by atoms with Crippen LogP contribution in [0.5, 0.6) is 0 Å². The first kappa shape index (κ1) is 7.79. The molecule has 0 bridgehead atoms. The van der Waals surface area contributed by atoms with Gasteiger partial charge in [0.15, 0.2) is 0 Å². The second-order valence-electron chi connectivity index (χ2n) is 2.83. The molecule has 0 spiro atoms. The van der Waals surface area contributed by atoms with E-state index in [0.717, 1.165) is 15.6 Å². The van der Waals surface area contributed by atoms with E-state index in [0.29, 0.717) is 5.52 Å². The molecule has 2 N–H and O–H groups in total. The maximum absolute atomic E-state index is 10.9. The average Bonchev–Trinajstić information content (AvgIpc) is 2.48. The number of fused-ring (bicyclic) bond motifs is 1. The molecule has 1 aromatic carbocycles. The van der Waals surface area contributed by atoms with Crippen LogP contribution in [0.3, 0.4) is 0 Å². The molecular formula is C9H8N3O. The van der Waals surface area contributed by atoms with Crippen LogP contribution in [0.1, 0.15) is 5.56 Å². The number of nitrogens with two attached hydrogens (primary N) is 1. The van der Waals surface area contributed by atoms with E-state index in [4.69, 9.17) is 5.73 Å². The zero-order chi connectivity index (χ0) is 9.42. The van der Waals surface area contributed by atoms with E-state index in [-0.39, 0.29) is 0 Å². The van der Waals surface area contributed by atoms with Crippen LogP contribution in [0.4, 0.5) is 4.79 Å². The van der Waals surface area contributed by atoms with Crippen LogP contribution in [-0.4, -0.2) is 15.8 Å². The molecule has 0 aliphatic carbocycles. The van der Waals surface area contributed by atoms with Gasteiger partial charge in [-0.1, -0.05) is 12.1 Å². The van der Waals surface area contributed by atoms with Gasteiger partial charge in [-0.3, -0.25) is 0 Å². The van der Waals surface area contributed by atoms with Gasteiger partial charge < -0.3 is 5.73 Å². The Labute approximate surface area is 75.0 Å². The molecule has 4 nitrogen and oxygen atoms in total. The van der Waals surface area contributed by atoms with Gasteiger partial charge in [0.05, 0.1) is 5.52 Å². The van der Waals surface area contributed by atoms with Gasteiger partial charge in [-0.05, 0) is 18.6 Å². The predicted molar refractivity (Wildman–Crippen MR) is 48.3 cm³/mol. The van der Waals surface area contributed by atoms with E-state index in [1.807, 2.05) is 19.1 Å². The Bertz CT molecular complexity index is 473. The summed E-state index contributed by atoms with van der Waals surface area (Å²) >= 11 is 0. The van der Waals surface area contributed by atoms with Crippen molar-refractivity contribution < 1.29 is 4.79 Å². The van der Waals surface area contributed by atoms with E-state index >= 15 is 0 Å². The Balaban J connectivity index is 2.83. The number of carbonyl (C=O) groups is 1. The van der Waals surface area contributed by atoms with E-state index in [1.165, 1.54) is 0 Å². The van der Waals surface area contributed by atoms with Gasteiger partial charge in [0.2, 0.25) is 0 Å². The highest BCUT2D eigenvalue weighted by atomic mass is 16.2. The van der Waals surface area contributed by atoms with E-state index in [9.17, 15) is 4.79 Å². The maximum Gasteiger partial charge on any atom is 0.340 e. The lowest BCUT2D eigenvalue weighted by Crippen LogP contribution is -2.20. The molecule has 0 saturated carbocycles. The number of aryl methyl sites for hydroxylation is 1. The average molecular weight is 174 g/mol. The summed E-state index contributed by atoms with van der Waals surface area (Å²) in [5, 5.41) is 4.61. The summed E-state index contributed by atoms with van der Waals surface area (Å²) in [5.41, 5.74) is 6.85. The van der Waals surface area contributed by atoms with Crippen LogP contribution in [0.15, 0.2) is 18.2 Å². The number of rotatable bonds is 0. The van der Waals surface area contributed by atoms with E-state index < -0.39 is 6.03 Å². The molecule has 4 heteroatoms. The summed E-state index contributed by atoms with van der Waals surface area (Å²) in [6.07, 6.45) is 2.75. The van der Waals surface area contributed by atoms with Crippen LogP contribution >= 0.6 is 0 Å². The van der Waals surface area contributed by atoms with Crippen LogP contribution < -0.4 is 5.73 Å². The maximum atomic E-state index is 10.9. The number of hydrogen-bond donors (Lipinski definition) is 1. The Kier molecular flexibility index (Phi) is 1.55. The first-order chi connectivity index (χ1) is 6.20. The molecule has 2 rings (SSSR count). The molecule has 0 saturated heterocycles. The lowest BCUT2D eigenvalue weighted by molar-refractivity contribution is 0.248. The van der Waals surface area contributed by atoms with Crippen molar-refractivity contribution in [2.45, 2.75) is 6.92 Å². The summed E-state index contributed by atoms with van der Waals surface area (Å²) in [6.45, 7) is 1.94. The molecule has 1 heterocycles. The van der Waals surface area contributed by atoms with Gasteiger partial charge in [0.25, 0.3) is 0 Å². The summed E-state index contributed by atoms with van der Waals surface area (Å²) in [5.74, 6) is 0. The summed E-state index contributed by atoms with van der Waals surface area (Å²) in [7, 11) is 0. The number of hydrogen-bond acceptors (Lipinski definition) is 2. The van der Waals surface area contributed by atoms with Crippen molar-refractivity contribution in [3.05, 3.63) is 30.0 Å². The topological polar surface area (TPSA) is 60.9 Å². The molecule has 0 atom stereocenters. The molecule has 65 valence electrons. The zero-order valence-electron chi connectivity index (χ0n) is 7.11. The molecule has 1 radical (unpaired) electrons.